The molecule has 0 radical (unpaired) electrons. The number of rotatable bonds is 43. The van der Waals surface area contributed by atoms with Crippen LogP contribution in [0.25, 0.3) is 0 Å². The van der Waals surface area contributed by atoms with Crippen LogP contribution in [-0.2, 0) is 4.79 Å². The van der Waals surface area contributed by atoms with Crippen LogP contribution in [-0.4, -0.2) is 34.9 Å². The predicted molar refractivity (Wildman–Crippen MR) is 257 cm³/mol. The van der Waals surface area contributed by atoms with Gasteiger partial charge in [0.15, 0.2) is 0 Å². The van der Waals surface area contributed by atoms with E-state index in [0.717, 1.165) is 77.0 Å². The molecule has 0 fully saturated rings. The molecule has 0 aliphatic rings. The molecule has 0 aromatic carbocycles. The number of unbranched alkanes of at least 4 members (excludes halogenated alkanes) is 20. The topological polar surface area (TPSA) is 69.6 Å². The summed E-state index contributed by atoms with van der Waals surface area (Å²) in [5, 5.41) is 22.8. The van der Waals surface area contributed by atoms with Crippen molar-refractivity contribution in [2.45, 2.75) is 231 Å². The van der Waals surface area contributed by atoms with Crippen molar-refractivity contribution in [1.29, 1.82) is 0 Å². The number of nitrogens with one attached hydrogen (secondary N) is 1. The minimum atomic E-state index is -0.658. The van der Waals surface area contributed by atoms with Gasteiger partial charge in [-0.2, -0.15) is 0 Å². The molecule has 0 rings (SSSR count). The van der Waals surface area contributed by atoms with E-state index >= 15 is 0 Å². The van der Waals surface area contributed by atoms with Gasteiger partial charge >= 0.3 is 0 Å². The molecule has 4 heteroatoms. The highest BCUT2D eigenvalue weighted by Crippen LogP contribution is 2.15. The summed E-state index contributed by atoms with van der Waals surface area (Å²) in [4.78, 5) is 12.3. The molecule has 2 unspecified atom stereocenters. The third-order valence-corrected chi connectivity index (χ3v) is 10.6. The Morgan fingerprint density at radius 2 is 0.759 bits per heavy atom. The Bertz CT molecular complexity index is 1090. The second kappa shape index (κ2) is 48.7. The summed E-state index contributed by atoms with van der Waals surface area (Å²) in [6, 6.07) is -0.535. The Kier molecular flexibility index (Phi) is 46.4. The standard InChI is InChI=1S/C54H93NO3/c1-3-5-7-9-10-11-12-13-14-15-16-17-18-19-20-21-22-23-24-25-26-27-28-29-30-31-32-33-34-35-36-37-38-39-40-41-42-43-44-46-48-50-54(58)55-52(51-56)53(57)49-47-45-8-6-4-2/h5,7,10-11,13-14,16-17,19-20,22-23,25-26,28-29,52-53,56-57H,3-4,6,8-9,12,15,18,21,24,27,30-51H2,1-2H3,(H,55,58)/b7-5-,11-10-,14-13-,17-16-,20-19-,23-22-,26-25-,29-28-. The first-order chi connectivity index (χ1) is 28.7. The predicted octanol–water partition coefficient (Wildman–Crippen LogP) is 15.8. The summed E-state index contributed by atoms with van der Waals surface area (Å²) < 4.78 is 0. The number of aliphatic hydroxyl groups excluding tert-OH is 2. The van der Waals surface area contributed by atoms with Gasteiger partial charge in [-0.05, 0) is 77.0 Å². The van der Waals surface area contributed by atoms with E-state index in [2.05, 4.69) is 116 Å². The minimum Gasteiger partial charge on any atom is -0.394 e. The molecule has 3 N–H and O–H groups in total. The van der Waals surface area contributed by atoms with E-state index in [1.165, 1.54) is 116 Å². The van der Waals surface area contributed by atoms with Gasteiger partial charge in [0.2, 0.25) is 5.91 Å². The van der Waals surface area contributed by atoms with Crippen LogP contribution in [0.1, 0.15) is 219 Å². The zero-order valence-corrected chi connectivity index (χ0v) is 38.0. The highest BCUT2D eigenvalue weighted by molar-refractivity contribution is 5.76. The Labute approximate surface area is 360 Å². The quantitative estimate of drug-likeness (QED) is 0.0425. The van der Waals surface area contributed by atoms with E-state index < -0.39 is 12.1 Å². The second-order valence-electron chi connectivity index (χ2n) is 16.2. The van der Waals surface area contributed by atoms with E-state index in [1.807, 2.05) is 0 Å². The highest BCUT2D eigenvalue weighted by Gasteiger charge is 2.19. The molecule has 58 heavy (non-hydrogen) atoms. The number of hydrogen-bond donors (Lipinski definition) is 3. The maximum atomic E-state index is 12.3. The Hall–Kier alpha value is -2.69. The first kappa shape index (κ1) is 55.3. The molecule has 0 aromatic rings. The van der Waals surface area contributed by atoms with Crippen molar-refractivity contribution in [1.82, 2.24) is 5.32 Å². The molecule has 4 nitrogen and oxygen atoms in total. The van der Waals surface area contributed by atoms with Gasteiger partial charge in [0, 0.05) is 6.42 Å². The number of aliphatic hydroxyl groups is 2. The van der Waals surface area contributed by atoms with Gasteiger partial charge in [-0.15, -0.1) is 0 Å². The van der Waals surface area contributed by atoms with Crippen molar-refractivity contribution in [2.75, 3.05) is 6.61 Å². The summed E-state index contributed by atoms with van der Waals surface area (Å²) in [5.74, 6) is -0.0414. The van der Waals surface area contributed by atoms with Crippen LogP contribution >= 0.6 is 0 Å². The van der Waals surface area contributed by atoms with Crippen LogP contribution < -0.4 is 5.32 Å². The second-order valence-corrected chi connectivity index (χ2v) is 16.2. The van der Waals surface area contributed by atoms with E-state index in [1.54, 1.807) is 0 Å². The van der Waals surface area contributed by atoms with Gasteiger partial charge in [0.05, 0.1) is 18.8 Å². The van der Waals surface area contributed by atoms with Crippen molar-refractivity contribution in [2.24, 2.45) is 0 Å². The van der Waals surface area contributed by atoms with Crippen LogP contribution in [0.4, 0.5) is 0 Å². The Morgan fingerprint density at radius 3 is 1.14 bits per heavy atom. The van der Waals surface area contributed by atoms with Gasteiger partial charge < -0.3 is 15.5 Å². The number of amides is 1. The number of carbonyl (C=O) groups excluding carboxylic acids is 1. The molecule has 1 amide bonds. The summed E-state index contributed by atoms with van der Waals surface area (Å²) >= 11 is 0. The third-order valence-electron chi connectivity index (χ3n) is 10.6. The molecular weight excluding hydrogens is 711 g/mol. The maximum absolute atomic E-state index is 12.3. The lowest BCUT2D eigenvalue weighted by atomic mass is 10.0. The van der Waals surface area contributed by atoms with Crippen molar-refractivity contribution >= 4 is 5.91 Å². The molecule has 0 aliphatic heterocycles. The maximum Gasteiger partial charge on any atom is 0.220 e. The Morgan fingerprint density at radius 1 is 0.431 bits per heavy atom. The van der Waals surface area contributed by atoms with Gasteiger partial charge in [-0.1, -0.05) is 233 Å². The van der Waals surface area contributed by atoms with Crippen LogP contribution in [0, 0.1) is 0 Å². The minimum absolute atomic E-state index is 0.0414. The number of hydrogen-bond acceptors (Lipinski definition) is 3. The molecule has 0 aliphatic carbocycles. The smallest absolute Gasteiger partial charge is 0.220 e. The van der Waals surface area contributed by atoms with Gasteiger partial charge in [0.25, 0.3) is 0 Å². The number of carbonyl (C=O) groups is 1. The molecule has 0 spiro atoms. The zero-order chi connectivity index (χ0) is 42.1. The van der Waals surface area contributed by atoms with Crippen LogP contribution in [0.15, 0.2) is 97.2 Å². The van der Waals surface area contributed by atoms with Gasteiger partial charge in [-0.3, -0.25) is 4.79 Å². The van der Waals surface area contributed by atoms with E-state index in [-0.39, 0.29) is 12.5 Å². The lowest BCUT2D eigenvalue weighted by molar-refractivity contribution is -0.123. The molecule has 0 saturated heterocycles. The fraction of sp³-hybridized carbons (Fsp3) is 0.685. The largest absolute Gasteiger partial charge is 0.394 e. The normalized spacial score (nSPS) is 13.8. The van der Waals surface area contributed by atoms with Crippen LogP contribution in [0.2, 0.25) is 0 Å². The molecular formula is C54H93NO3. The van der Waals surface area contributed by atoms with Crippen LogP contribution in [0.5, 0.6) is 0 Å². The van der Waals surface area contributed by atoms with Crippen molar-refractivity contribution in [3.05, 3.63) is 97.2 Å². The molecule has 0 heterocycles. The summed E-state index contributed by atoms with van der Waals surface area (Å²) in [5.41, 5.74) is 0. The summed E-state index contributed by atoms with van der Waals surface area (Å²) in [7, 11) is 0. The lowest BCUT2D eigenvalue weighted by Crippen LogP contribution is -2.45. The van der Waals surface area contributed by atoms with Crippen LogP contribution in [0.3, 0.4) is 0 Å². The summed E-state index contributed by atoms with van der Waals surface area (Å²) in [6.07, 6.45) is 72.7. The molecule has 0 bridgehead atoms. The molecule has 2 atom stereocenters. The third kappa shape index (κ3) is 44.4. The fourth-order valence-electron chi connectivity index (χ4n) is 6.90. The van der Waals surface area contributed by atoms with Crippen molar-refractivity contribution in [3.63, 3.8) is 0 Å². The lowest BCUT2D eigenvalue weighted by Gasteiger charge is -2.22. The highest BCUT2D eigenvalue weighted by atomic mass is 16.3. The fourth-order valence-corrected chi connectivity index (χ4v) is 6.90. The zero-order valence-electron chi connectivity index (χ0n) is 38.0. The SMILES string of the molecule is CC/C=C\C/C=C\C/C=C\C/C=C\C/C=C\C/C=C\C/C=C\C/C=C\CCCCCCCCCCCCCCCCCCC(=O)NC(CO)C(O)CCCCCCC. The number of allylic oxidation sites excluding steroid dienone is 16. The monoisotopic (exact) mass is 804 g/mol. The molecule has 0 aromatic heterocycles. The van der Waals surface area contributed by atoms with E-state index in [4.69, 9.17) is 0 Å². The van der Waals surface area contributed by atoms with Gasteiger partial charge in [-0.25, -0.2) is 0 Å². The average molecular weight is 804 g/mol. The molecule has 0 saturated carbocycles. The van der Waals surface area contributed by atoms with Gasteiger partial charge in [0.1, 0.15) is 0 Å². The summed E-state index contributed by atoms with van der Waals surface area (Å²) in [6.45, 7) is 4.16. The molecule has 332 valence electrons. The van der Waals surface area contributed by atoms with E-state index in [9.17, 15) is 15.0 Å². The van der Waals surface area contributed by atoms with E-state index in [0.29, 0.717) is 12.8 Å². The van der Waals surface area contributed by atoms with Crippen molar-refractivity contribution in [3.8, 4) is 0 Å². The Balaban J connectivity index is 3.46. The van der Waals surface area contributed by atoms with Crippen molar-refractivity contribution < 1.29 is 15.0 Å². The first-order valence-corrected chi connectivity index (χ1v) is 24.4. The average Bonchev–Trinajstić information content (AvgIpc) is 3.23. The first-order valence-electron chi connectivity index (χ1n) is 24.4.